The van der Waals surface area contributed by atoms with E-state index in [9.17, 15) is 9.90 Å². The molecule has 5 nitrogen and oxygen atoms in total. The van der Waals surface area contributed by atoms with Gasteiger partial charge in [0.2, 0.25) is 5.91 Å². The Morgan fingerprint density at radius 3 is 2.71 bits per heavy atom. The molecule has 0 unspecified atom stereocenters. The number of nitrogens with zero attached hydrogens (tertiary/aromatic N) is 1. The fourth-order valence-corrected chi connectivity index (χ4v) is 2.00. The first-order chi connectivity index (χ1) is 8.07. The molecule has 1 amide bonds. The van der Waals surface area contributed by atoms with Gasteiger partial charge in [0.05, 0.1) is 5.60 Å². The maximum atomic E-state index is 11.8. The first-order valence-electron chi connectivity index (χ1n) is 6.10. The van der Waals surface area contributed by atoms with Gasteiger partial charge in [0.25, 0.3) is 0 Å². The largest absolute Gasteiger partial charge is 0.388 e. The molecule has 1 aliphatic rings. The molecule has 1 rings (SSSR count). The molecule has 0 radical (unpaired) electrons. The smallest absolute Gasteiger partial charge is 0.222 e. The third kappa shape index (κ3) is 5.02. The van der Waals surface area contributed by atoms with Gasteiger partial charge in [-0.3, -0.25) is 4.79 Å². The highest BCUT2D eigenvalue weighted by Crippen LogP contribution is 2.21. The van der Waals surface area contributed by atoms with Crippen LogP contribution < -0.4 is 0 Å². The van der Waals surface area contributed by atoms with Crippen LogP contribution >= 0.6 is 0 Å². The second-order valence-electron chi connectivity index (χ2n) is 4.68. The quantitative estimate of drug-likeness (QED) is 0.689. The zero-order chi connectivity index (χ0) is 12.7. The maximum Gasteiger partial charge on any atom is 0.222 e. The number of ether oxygens (including phenoxy) is 2. The number of carbonyl (C=O) groups is 1. The summed E-state index contributed by atoms with van der Waals surface area (Å²) in [5.41, 5.74) is -0.774. The maximum absolute atomic E-state index is 11.8. The zero-order valence-electron chi connectivity index (χ0n) is 10.8. The summed E-state index contributed by atoms with van der Waals surface area (Å²) in [6, 6.07) is 0. The standard InChI is InChI=1S/C12H23NO4/c1-13(11(14)4-3-7-16-2)10-12(15)5-8-17-9-6-12/h15H,3-10H2,1-2H3. The Labute approximate surface area is 103 Å². The Bertz CT molecular complexity index is 239. The van der Waals surface area contributed by atoms with Gasteiger partial charge >= 0.3 is 0 Å². The van der Waals surface area contributed by atoms with Gasteiger partial charge in [-0.15, -0.1) is 0 Å². The molecule has 1 aliphatic heterocycles. The highest BCUT2D eigenvalue weighted by molar-refractivity contribution is 5.75. The van der Waals surface area contributed by atoms with E-state index < -0.39 is 5.60 Å². The van der Waals surface area contributed by atoms with Gasteiger partial charge in [0.15, 0.2) is 0 Å². The number of carbonyl (C=O) groups excluding carboxylic acids is 1. The predicted molar refractivity (Wildman–Crippen MR) is 63.7 cm³/mol. The van der Waals surface area contributed by atoms with Crippen LogP contribution in [0.1, 0.15) is 25.7 Å². The first-order valence-corrected chi connectivity index (χ1v) is 6.10. The molecule has 100 valence electrons. The predicted octanol–water partition coefficient (Wildman–Crippen LogP) is 0.413. The van der Waals surface area contributed by atoms with Crippen molar-refractivity contribution in [3.8, 4) is 0 Å². The summed E-state index contributed by atoms with van der Waals surface area (Å²) in [5.74, 6) is 0.0574. The molecule has 0 atom stereocenters. The van der Waals surface area contributed by atoms with E-state index in [1.807, 2.05) is 0 Å². The number of aliphatic hydroxyl groups is 1. The van der Waals surface area contributed by atoms with Gasteiger partial charge < -0.3 is 19.5 Å². The molecule has 0 saturated carbocycles. The lowest BCUT2D eigenvalue weighted by atomic mass is 9.94. The molecule has 1 N–H and O–H groups in total. The Morgan fingerprint density at radius 2 is 2.12 bits per heavy atom. The van der Waals surface area contributed by atoms with Crippen molar-refractivity contribution in [3.05, 3.63) is 0 Å². The number of hydrogen-bond acceptors (Lipinski definition) is 4. The van der Waals surface area contributed by atoms with Gasteiger partial charge in [-0.2, -0.15) is 0 Å². The lowest BCUT2D eigenvalue weighted by molar-refractivity contribution is -0.137. The number of methoxy groups -OCH3 is 1. The minimum Gasteiger partial charge on any atom is -0.388 e. The van der Waals surface area contributed by atoms with Gasteiger partial charge in [0, 0.05) is 59.8 Å². The molecule has 0 aromatic rings. The van der Waals surface area contributed by atoms with Crippen LogP contribution in [0.25, 0.3) is 0 Å². The Morgan fingerprint density at radius 1 is 1.47 bits per heavy atom. The highest BCUT2D eigenvalue weighted by atomic mass is 16.5. The topological polar surface area (TPSA) is 59.0 Å². The molecule has 0 aliphatic carbocycles. The van der Waals surface area contributed by atoms with Gasteiger partial charge in [-0.05, 0) is 6.42 Å². The van der Waals surface area contributed by atoms with Gasteiger partial charge in [-0.25, -0.2) is 0 Å². The summed E-state index contributed by atoms with van der Waals surface area (Å²) in [4.78, 5) is 13.4. The van der Waals surface area contributed by atoms with E-state index in [0.29, 0.717) is 45.6 Å². The van der Waals surface area contributed by atoms with Crippen LogP contribution in [-0.4, -0.2) is 62.0 Å². The van der Waals surface area contributed by atoms with Crippen molar-refractivity contribution in [2.24, 2.45) is 0 Å². The van der Waals surface area contributed by atoms with Crippen LogP contribution in [0.3, 0.4) is 0 Å². The second-order valence-corrected chi connectivity index (χ2v) is 4.68. The fourth-order valence-electron chi connectivity index (χ4n) is 2.00. The molecule has 5 heteroatoms. The summed E-state index contributed by atoms with van der Waals surface area (Å²) in [6.07, 6.45) is 2.39. The van der Waals surface area contributed by atoms with E-state index in [-0.39, 0.29) is 5.91 Å². The summed E-state index contributed by atoms with van der Waals surface area (Å²) >= 11 is 0. The molecule has 0 spiro atoms. The van der Waals surface area contributed by atoms with Gasteiger partial charge in [-0.1, -0.05) is 0 Å². The Kier molecular flexibility index (Phi) is 5.88. The molecule has 0 aromatic heterocycles. The minimum absolute atomic E-state index is 0.0574. The zero-order valence-corrected chi connectivity index (χ0v) is 10.8. The average Bonchev–Trinajstić information content (AvgIpc) is 2.29. The molecule has 1 fully saturated rings. The molecular formula is C12H23NO4. The van der Waals surface area contributed by atoms with E-state index in [2.05, 4.69) is 0 Å². The van der Waals surface area contributed by atoms with Crippen molar-refractivity contribution in [1.29, 1.82) is 0 Å². The summed E-state index contributed by atoms with van der Waals surface area (Å²) in [5, 5.41) is 10.3. The van der Waals surface area contributed by atoms with Crippen LogP contribution in [-0.2, 0) is 14.3 Å². The average molecular weight is 245 g/mol. The third-order valence-corrected chi connectivity index (χ3v) is 3.12. The van der Waals surface area contributed by atoms with Crippen LogP contribution in [0.4, 0.5) is 0 Å². The van der Waals surface area contributed by atoms with Crippen molar-refractivity contribution < 1.29 is 19.4 Å². The van der Waals surface area contributed by atoms with E-state index in [0.717, 1.165) is 6.42 Å². The van der Waals surface area contributed by atoms with Crippen molar-refractivity contribution in [1.82, 2.24) is 4.90 Å². The lowest BCUT2D eigenvalue weighted by Crippen LogP contribution is -2.47. The normalized spacial score (nSPS) is 19.0. The second kappa shape index (κ2) is 6.93. The van der Waals surface area contributed by atoms with Crippen LogP contribution in [0.15, 0.2) is 0 Å². The number of rotatable bonds is 6. The number of likely N-dealkylation sites (N-methyl/N-ethyl adjacent to an activating group) is 1. The van der Waals surface area contributed by atoms with E-state index in [4.69, 9.17) is 9.47 Å². The molecular weight excluding hydrogens is 222 g/mol. The fraction of sp³-hybridized carbons (Fsp3) is 0.917. The van der Waals surface area contributed by atoms with E-state index >= 15 is 0 Å². The molecule has 1 saturated heterocycles. The summed E-state index contributed by atoms with van der Waals surface area (Å²) in [7, 11) is 3.36. The monoisotopic (exact) mass is 245 g/mol. The molecule has 1 heterocycles. The van der Waals surface area contributed by atoms with Crippen molar-refractivity contribution in [2.75, 3.05) is 40.5 Å². The first kappa shape index (κ1) is 14.4. The van der Waals surface area contributed by atoms with E-state index in [1.54, 1.807) is 19.1 Å². The van der Waals surface area contributed by atoms with Crippen molar-refractivity contribution in [3.63, 3.8) is 0 Å². The van der Waals surface area contributed by atoms with Crippen molar-refractivity contribution in [2.45, 2.75) is 31.3 Å². The summed E-state index contributed by atoms with van der Waals surface area (Å²) < 4.78 is 10.1. The highest BCUT2D eigenvalue weighted by Gasteiger charge is 2.32. The summed E-state index contributed by atoms with van der Waals surface area (Å²) in [6.45, 7) is 2.13. The third-order valence-electron chi connectivity index (χ3n) is 3.12. The van der Waals surface area contributed by atoms with Crippen LogP contribution in [0.2, 0.25) is 0 Å². The molecule has 17 heavy (non-hydrogen) atoms. The Hall–Kier alpha value is -0.650. The SMILES string of the molecule is COCCCC(=O)N(C)CC1(O)CCOCC1. The van der Waals surface area contributed by atoms with Crippen molar-refractivity contribution >= 4 is 5.91 Å². The molecule has 0 aromatic carbocycles. The van der Waals surface area contributed by atoms with E-state index in [1.165, 1.54) is 0 Å². The molecule has 0 bridgehead atoms. The van der Waals surface area contributed by atoms with Gasteiger partial charge in [0.1, 0.15) is 0 Å². The number of amides is 1. The Balaban J connectivity index is 2.31. The lowest BCUT2D eigenvalue weighted by Gasteiger charge is -2.35. The van der Waals surface area contributed by atoms with Crippen LogP contribution in [0.5, 0.6) is 0 Å². The number of hydrogen-bond donors (Lipinski definition) is 1. The van der Waals surface area contributed by atoms with Crippen LogP contribution in [0, 0.1) is 0 Å². The minimum atomic E-state index is -0.774.